The van der Waals surface area contributed by atoms with Gasteiger partial charge >= 0.3 is 0 Å². The number of carbonyl (C=O) groups is 1. The number of nitrogens with two attached hydrogens (primary N) is 2. The molecule has 0 aliphatic heterocycles. The summed E-state index contributed by atoms with van der Waals surface area (Å²) in [6, 6.07) is 0. The van der Waals surface area contributed by atoms with Gasteiger partial charge in [0.15, 0.2) is 12.0 Å². The van der Waals surface area contributed by atoms with Crippen molar-refractivity contribution in [1.29, 1.82) is 0 Å². The molecule has 0 amide bonds. The Kier molecular flexibility index (Phi) is 4.40. The summed E-state index contributed by atoms with van der Waals surface area (Å²) in [5.74, 6) is 0. The van der Waals surface area contributed by atoms with E-state index in [-0.39, 0.29) is 6.29 Å². The van der Waals surface area contributed by atoms with Crippen LogP contribution in [0.2, 0.25) is 0 Å². The van der Waals surface area contributed by atoms with Crippen LogP contribution in [0.5, 0.6) is 0 Å². The summed E-state index contributed by atoms with van der Waals surface area (Å²) in [6.45, 7) is -0.517. The summed E-state index contributed by atoms with van der Waals surface area (Å²) < 4.78 is 0. The predicted octanol–water partition coefficient (Wildman–Crippen LogP) is -4.13. The Labute approximate surface area is 74.6 Å². The van der Waals surface area contributed by atoms with Gasteiger partial charge in [0, 0.05) is 6.54 Å². The molecule has 0 heterocycles. The molecule has 78 valence electrons. The average molecular weight is 194 g/mol. The summed E-state index contributed by atoms with van der Waals surface area (Å²) in [5, 5.41) is 36.0. The maximum Gasteiger partial charge on any atom is 0.154 e. The molecule has 0 aromatic heterocycles. The molecule has 0 aliphatic rings. The third kappa shape index (κ3) is 2.99. The Bertz CT molecular complexity index is 174. The Morgan fingerprint density at radius 1 is 1.38 bits per heavy atom. The number of aliphatic hydroxyl groups is 4. The molecule has 7 nitrogen and oxygen atoms in total. The van der Waals surface area contributed by atoms with Crippen LogP contribution in [-0.4, -0.2) is 57.3 Å². The Morgan fingerprint density at radius 2 is 1.85 bits per heavy atom. The third-order valence-corrected chi connectivity index (χ3v) is 1.65. The second kappa shape index (κ2) is 4.61. The number of aliphatic hydroxyl groups excluding tert-OH is 3. The van der Waals surface area contributed by atoms with Crippen molar-refractivity contribution in [2.75, 3.05) is 6.54 Å². The van der Waals surface area contributed by atoms with Gasteiger partial charge in [0.25, 0.3) is 0 Å². The lowest BCUT2D eigenvalue weighted by molar-refractivity contribution is -0.152. The lowest BCUT2D eigenvalue weighted by atomic mass is 9.99. The highest BCUT2D eigenvalue weighted by Crippen LogP contribution is 2.08. The first kappa shape index (κ1) is 12.4. The van der Waals surface area contributed by atoms with Gasteiger partial charge in [-0.3, -0.25) is 0 Å². The van der Waals surface area contributed by atoms with Crippen molar-refractivity contribution in [3.63, 3.8) is 0 Å². The monoisotopic (exact) mass is 194 g/mol. The molecule has 7 heteroatoms. The second-order valence-electron chi connectivity index (χ2n) is 2.76. The van der Waals surface area contributed by atoms with Crippen LogP contribution in [0.3, 0.4) is 0 Å². The van der Waals surface area contributed by atoms with E-state index in [4.69, 9.17) is 31.9 Å². The first-order valence-electron chi connectivity index (χ1n) is 3.57. The number of rotatable bonds is 5. The van der Waals surface area contributed by atoms with Crippen molar-refractivity contribution in [2.24, 2.45) is 11.5 Å². The Morgan fingerprint density at radius 3 is 2.15 bits per heavy atom. The molecule has 0 aromatic carbocycles. The van der Waals surface area contributed by atoms with E-state index in [1.165, 1.54) is 0 Å². The third-order valence-electron chi connectivity index (χ3n) is 1.65. The van der Waals surface area contributed by atoms with E-state index in [0.717, 1.165) is 0 Å². The molecule has 0 bridgehead atoms. The van der Waals surface area contributed by atoms with Crippen molar-refractivity contribution >= 4 is 6.29 Å². The Hall–Kier alpha value is -0.570. The van der Waals surface area contributed by atoms with Gasteiger partial charge in [-0.05, 0) is 0 Å². The summed E-state index contributed by atoms with van der Waals surface area (Å²) >= 11 is 0. The lowest BCUT2D eigenvalue weighted by Gasteiger charge is -2.31. The first-order valence-corrected chi connectivity index (χ1v) is 3.57. The van der Waals surface area contributed by atoms with Crippen molar-refractivity contribution in [1.82, 2.24) is 0 Å². The van der Waals surface area contributed by atoms with Gasteiger partial charge < -0.3 is 36.7 Å². The largest absolute Gasteiger partial charge is 0.387 e. The van der Waals surface area contributed by atoms with Crippen LogP contribution in [0.4, 0.5) is 0 Å². The van der Waals surface area contributed by atoms with Crippen molar-refractivity contribution < 1.29 is 25.2 Å². The van der Waals surface area contributed by atoms with Gasteiger partial charge in [-0.2, -0.15) is 0 Å². The molecular weight excluding hydrogens is 180 g/mol. The van der Waals surface area contributed by atoms with Crippen molar-refractivity contribution in [2.45, 2.75) is 24.0 Å². The molecule has 0 aromatic rings. The quantitative estimate of drug-likeness (QED) is 0.192. The summed E-state index contributed by atoms with van der Waals surface area (Å²) in [6.07, 6.45) is -5.55. The van der Waals surface area contributed by atoms with Crippen LogP contribution in [0.1, 0.15) is 0 Å². The van der Waals surface area contributed by atoms with Gasteiger partial charge in [0.05, 0.1) is 0 Å². The number of hydrogen-bond donors (Lipinski definition) is 6. The molecule has 4 unspecified atom stereocenters. The highest BCUT2D eigenvalue weighted by molar-refractivity contribution is 5.56. The van der Waals surface area contributed by atoms with E-state index in [1.54, 1.807) is 0 Å². The van der Waals surface area contributed by atoms with Crippen LogP contribution in [0.15, 0.2) is 0 Å². The van der Waals surface area contributed by atoms with Crippen LogP contribution in [0.25, 0.3) is 0 Å². The predicted molar refractivity (Wildman–Crippen MR) is 42.3 cm³/mol. The average Bonchev–Trinajstić information content (AvgIpc) is 2.14. The smallest absolute Gasteiger partial charge is 0.154 e. The van der Waals surface area contributed by atoms with Crippen LogP contribution in [0, 0.1) is 0 Å². The summed E-state index contributed by atoms with van der Waals surface area (Å²) in [4.78, 5) is 9.99. The van der Waals surface area contributed by atoms with E-state index >= 15 is 0 Å². The van der Waals surface area contributed by atoms with E-state index in [2.05, 4.69) is 0 Å². The molecule has 0 rings (SSSR count). The van der Waals surface area contributed by atoms with E-state index < -0.39 is 30.6 Å². The molecule has 0 spiro atoms. The standard InChI is InChI=1S/C6H14N2O5/c7-2-6(8,13)5(12)4(11)3(10)1-9/h1,3-5,10-13H,2,7-8H2. The normalized spacial score (nSPS) is 22.9. The topological polar surface area (TPSA) is 150 Å². The minimum Gasteiger partial charge on any atom is -0.387 e. The van der Waals surface area contributed by atoms with Gasteiger partial charge in [-0.1, -0.05) is 0 Å². The minimum absolute atomic E-state index is 0.0144. The zero-order valence-electron chi connectivity index (χ0n) is 6.87. The van der Waals surface area contributed by atoms with Gasteiger partial charge in [-0.15, -0.1) is 0 Å². The summed E-state index contributed by atoms with van der Waals surface area (Å²) in [7, 11) is 0. The molecule has 13 heavy (non-hydrogen) atoms. The fourth-order valence-electron chi connectivity index (χ4n) is 0.684. The first-order chi connectivity index (χ1) is 5.86. The summed E-state index contributed by atoms with van der Waals surface area (Å²) in [5.41, 5.74) is 7.78. The second-order valence-corrected chi connectivity index (χ2v) is 2.76. The van der Waals surface area contributed by atoms with Crippen molar-refractivity contribution in [3.05, 3.63) is 0 Å². The molecular formula is C6H14N2O5. The molecule has 0 radical (unpaired) electrons. The number of hydrogen-bond acceptors (Lipinski definition) is 7. The lowest BCUT2D eigenvalue weighted by Crippen LogP contribution is -2.62. The van der Waals surface area contributed by atoms with E-state index in [1.807, 2.05) is 0 Å². The maximum atomic E-state index is 9.99. The zero-order valence-corrected chi connectivity index (χ0v) is 6.87. The molecule has 8 N–H and O–H groups in total. The van der Waals surface area contributed by atoms with Gasteiger partial charge in [0.1, 0.15) is 18.3 Å². The zero-order chi connectivity index (χ0) is 10.6. The van der Waals surface area contributed by atoms with Crippen LogP contribution < -0.4 is 11.5 Å². The SMILES string of the molecule is NCC(N)(O)C(O)C(O)C(O)C=O. The van der Waals surface area contributed by atoms with Gasteiger partial charge in [0.2, 0.25) is 0 Å². The molecule has 0 fully saturated rings. The van der Waals surface area contributed by atoms with Crippen LogP contribution >= 0.6 is 0 Å². The van der Waals surface area contributed by atoms with E-state index in [9.17, 15) is 4.79 Å². The van der Waals surface area contributed by atoms with Crippen molar-refractivity contribution in [3.8, 4) is 0 Å². The highest BCUT2D eigenvalue weighted by atomic mass is 16.4. The fourth-order valence-corrected chi connectivity index (χ4v) is 0.684. The molecule has 0 saturated heterocycles. The maximum absolute atomic E-state index is 9.99. The molecule has 4 atom stereocenters. The Balaban J connectivity index is 4.40. The number of carbonyl (C=O) groups excluding carboxylic acids is 1. The highest BCUT2D eigenvalue weighted by Gasteiger charge is 2.38. The number of aldehydes is 1. The molecule has 0 aliphatic carbocycles. The minimum atomic E-state index is -2.23. The van der Waals surface area contributed by atoms with Crippen LogP contribution in [-0.2, 0) is 4.79 Å². The van der Waals surface area contributed by atoms with E-state index in [0.29, 0.717) is 0 Å². The van der Waals surface area contributed by atoms with Gasteiger partial charge in [-0.25, -0.2) is 0 Å². The fraction of sp³-hybridized carbons (Fsp3) is 0.833. The molecule has 0 saturated carbocycles.